The Labute approximate surface area is 146 Å². The summed E-state index contributed by atoms with van der Waals surface area (Å²) in [5.41, 5.74) is 5.67. The normalized spacial score (nSPS) is 11.9. The van der Waals surface area contributed by atoms with Crippen LogP contribution in [0.4, 0.5) is 4.39 Å². The number of carbonyl (C=O) groups is 2. The Kier molecular flexibility index (Phi) is 5.57. The number of rotatable bonds is 6. The van der Waals surface area contributed by atoms with Crippen LogP contribution in [0, 0.1) is 33.5 Å². The minimum atomic E-state index is -1.11. The predicted molar refractivity (Wildman–Crippen MR) is 95.0 cm³/mol. The quantitative estimate of drug-likeness (QED) is 0.780. The van der Waals surface area contributed by atoms with Crippen LogP contribution in [0.1, 0.15) is 40.3 Å². The Bertz CT molecular complexity index is 807. The lowest BCUT2D eigenvalue weighted by Crippen LogP contribution is -2.23. The summed E-state index contributed by atoms with van der Waals surface area (Å²) in [5.74, 6) is -1.60. The van der Waals surface area contributed by atoms with E-state index in [4.69, 9.17) is 5.11 Å². The van der Waals surface area contributed by atoms with Gasteiger partial charge in [0, 0.05) is 5.56 Å². The molecule has 0 aliphatic carbocycles. The molecule has 0 aliphatic rings. The topological polar surface area (TPSA) is 66.4 Å². The number of amides is 1. The summed E-state index contributed by atoms with van der Waals surface area (Å²) < 4.78 is 14.6. The summed E-state index contributed by atoms with van der Waals surface area (Å²) in [5, 5.41) is 11.5. The zero-order chi connectivity index (χ0) is 18.7. The number of halogens is 1. The highest BCUT2D eigenvalue weighted by Gasteiger charge is 2.21. The Balaban J connectivity index is 2.65. The van der Waals surface area contributed by atoms with E-state index in [0.29, 0.717) is 12.0 Å². The van der Waals surface area contributed by atoms with E-state index in [0.717, 1.165) is 27.8 Å². The molecule has 0 bridgehead atoms. The van der Waals surface area contributed by atoms with Crippen molar-refractivity contribution in [2.75, 3.05) is 0 Å². The summed E-state index contributed by atoms with van der Waals surface area (Å²) in [6.07, 6.45) is 0.0157. The Morgan fingerprint density at radius 3 is 2.24 bits per heavy atom. The van der Waals surface area contributed by atoms with E-state index in [1.807, 2.05) is 20.8 Å². The average Bonchev–Trinajstić information content (AvgIpc) is 2.48. The number of carboxylic acids is 1. The van der Waals surface area contributed by atoms with E-state index < -0.39 is 17.8 Å². The van der Waals surface area contributed by atoms with Crippen LogP contribution >= 0.6 is 0 Å². The van der Waals surface area contributed by atoms with Gasteiger partial charge in [-0.3, -0.25) is 9.59 Å². The summed E-state index contributed by atoms with van der Waals surface area (Å²) in [6.45, 7) is 7.64. The summed E-state index contributed by atoms with van der Waals surface area (Å²) in [6, 6.07) is 6.58. The minimum Gasteiger partial charge on any atom is -0.481 e. The van der Waals surface area contributed by atoms with Crippen molar-refractivity contribution in [2.45, 2.75) is 40.2 Å². The third-order valence-corrected chi connectivity index (χ3v) is 4.27. The number of hydrogen-bond acceptors (Lipinski definition) is 2. The van der Waals surface area contributed by atoms with Gasteiger partial charge in [0.25, 0.3) is 0 Å². The molecule has 132 valence electrons. The third-order valence-electron chi connectivity index (χ3n) is 4.27. The van der Waals surface area contributed by atoms with Crippen LogP contribution in [0.3, 0.4) is 0 Å². The maximum Gasteiger partial charge on any atom is 0.305 e. The van der Waals surface area contributed by atoms with Gasteiger partial charge in [0.2, 0.25) is 6.41 Å². The maximum atomic E-state index is 14.6. The smallest absolute Gasteiger partial charge is 0.305 e. The molecular weight excluding hydrogens is 321 g/mol. The molecule has 1 atom stereocenters. The SMILES string of the molecule is Cc1cc(C)c(-c2cc(C)c(F)c(C(CC(=O)O)NC=O)c2)c(C)c1. The highest BCUT2D eigenvalue weighted by Crippen LogP contribution is 2.33. The highest BCUT2D eigenvalue weighted by molar-refractivity contribution is 5.74. The lowest BCUT2D eigenvalue weighted by molar-refractivity contribution is -0.137. The Hall–Kier alpha value is -2.69. The van der Waals surface area contributed by atoms with Crippen LogP contribution in [0.15, 0.2) is 24.3 Å². The van der Waals surface area contributed by atoms with Gasteiger partial charge in [-0.15, -0.1) is 0 Å². The number of carboxylic acid groups (broad SMARTS) is 1. The second kappa shape index (κ2) is 7.47. The van der Waals surface area contributed by atoms with Crippen molar-refractivity contribution in [3.8, 4) is 11.1 Å². The summed E-state index contributed by atoms with van der Waals surface area (Å²) >= 11 is 0. The third kappa shape index (κ3) is 4.05. The second-order valence-electron chi connectivity index (χ2n) is 6.41. The standard InChI is InChI=1S/C20H22FNO3/c1-11-5-12(2)19(13(3)6-11)15-7-14(4)20(21)16(8-15)17(22-10-23)9-18(24)25/h5-8,10,17H,9H2,1-4H3,(H,22,23)(H,24,25). The molecule has 0 aromatic heterocycles. The fourth-order valence-electron chi connectivity index (χ4n) is 3.35. The average molecular weight is 343 g/mol. The fourth-order valence-corrected chi connectivity index (χ4v) is 3.35. The Morgan fingerprint density at radius 1 is 1.12 bits per heavy atom. The van der Waals surface area contributed by atoms with E-state index in [2.05, 4.69) is 17.4 Å². The van der Waals surface area contributed by atoms with Crippen LogP contribution in [-0.2, 0) is 9.59 Å². The summed E-state index contributed by atoms with van der Waals surface area (Å²) in [7, 11) is 0. The number of nitrogens with one attached hydrogen (secondary N) is 1. The number of hydrogen-bond donors (Lipinski definition) is 2. The Morgan fingerprint density at radius 2 is 1.72 bits per heavy atom. The molecule has 2 aromatic carbocycles. The van der Waals surface area contributed by atoms with Crippen molar-refractivity contribution >= 4 is 12.4 Å². The number of aliphatic carboxylic acids is 1. The van der Waals surface area contributed by atoms with Gasteiger partial charge in [-0.25, -0.2) is 4.39 Å². The van der Waals surface area contributed by atoms with Crippen LogP contribution in [-0.4, -0.2) is 17.5 Å². The molecule has 0 radical (unpaired) electrons. The van der Waals surface area contributed by atoms with Crippen molar-refractivity contribution in [1.82, 2.24) is 5.32 Å². The highest BCUT2D eigenvalue weighted by atomic mass is 19.1. The molecule has 2 N–H and O–H groups in total. The van der Waals surface area contributed by atoms with Gasteiger partial charge in [-0.1, -0.05) is 17.7 Å². The molecular formula is C20H22FNO3. The fraction of sp³-hybridized carbons (Fsp3) is 0.300. The van der Waals surface area contributed by atoms with Crippen molar-refractivity contribution in [1.29, 1.82) is 0 Å². The summed E-state index contributed by atoms with van der Waals surface area (Å²) in [4.78, 5) is 21.9. The van der Waals surface area contributed by atoms with Crippen LogP contribution in [0.2, 0.25) is 0 Å². The molecule has 4 nitrogen and oxygen atoms in total. The van der Waals surface area contributed by atoms with Crippen LogP contribution in [0.25, 0.3) is 11.1 Å². The van der Waals surface area contributed by atoms with Gasteiger partial charge in [0.1, 0.15) is 5.82 Å². The lowest BCUT2D eigenvalue weighted by Gasteiger charge is -2.19. The first-order valence-electron chi connectivity index (χ1n) is 8.04. The van der Waals surface area contributed by atoms with Crippen molar-refractivity contribution < 1.29 is 19.1 Å². The van der Waals surface area contributed by atoms with Gasteiger partial charge in [-0.2, -0.15) is 0 Å². The van der Waals surface area contributed by atoms with E-state index in [-0.39, 0.29) is 12.0 Å². The van der Waals surface area contributed by atoms with Gasteiger partial charge in [0.15, 0.2) is 0 Å². The van der Waals surface area contributed by atoms with Gasteiger partial charge in [-0.05, 0) is 67.6 Å². The molecule has 5 heteroatoms. The van der Waals surface area contributed by atoms with E-state index in [9.17, 15) is 14.0 Å². The van der Waals surface area contributed by atoms with Crippen molar-refractivity contribution in [2.24, 2.45) is 0 Å². The molecule has 0 spiro atoms. The first-order valence-corrected chi connectivity index (χ1v) is 8.04. The molecule has 2 aromatic rings. The number of aryl methyl sites for hydroxylation is 4. The largest absolute Gasteiger partial charge is 0.481 e. The zero-order valence-corrected chi connectivity index (χ0v) is 14.8. The molecule has 2 rings (SSSR count). The molecule has 25 heavy (non-hydrogen) atoms. The van der Waals surface area contributed by atoms with Crippen LogP contribution < -0.4 is 5.32 Å². The van der Waals surface area contributed by atoms with E-state index in [1.165, 1.54) is 0 Å². The second-order valence-corrected chi connectivity index (χ2v) is 6.41. The molecule has 0 heterocycles. The van der Waals surface area contributed by atoms with Crippen molar-refractivity contribution in [3.63, 3.8) is 0 Å². The number of carbonyl (C=O) groups excluding carboxylic acids is 1. The molecule has 0 saturated carbocycles. The van der Waals surface area contributed by atoms with E-state index >= 15 is 0 Å². The minimum absolute atomic E-state index is 0.184. The molecule has 0 aliphatic heterocycles. The van der Waals surface area contributed by atoms with Crippen molar-refractivity contribution in [3.05, 3.63) is 57.9 Å². The zero-order valence-electron chi connectivity index (χ0n) is 14.8. The first kappa shape index (κ1) is 18.6. The van der Waals surface area contributed by atoms with Crippen LogP contribution in [0.5, 0.6) is 0 Å². The van der Waals surface area contributed by atoms with Gasteiger partial charge in [0.05, 0.1) is 12.5 Å². The molecule has 1 unspecified atom stereocenters. The van der Waals surface area contributed by atoms with Gasteiger partial charge < -0.3 is 10.4 Å². The number of benzene rings is 2. The first-order chi connectivity index (χ1) is 11.7. The molecule has 0 saturated heterocycles. The van der Waals surface area contributed by atoms with Gasteiger partial charge >= 0.3 is 5.97 Å². The molecule has 0 fully saturated rings. The van der Waals surface area contributed by atoms with E-state index in [1.54, 1.807) is 19.1 Å². The maximum absolute atomic E-state index is 14.6. The monoisotopic (exact) mass is 343 g/mol. The molecule has 1 amide bonds. The predicted octanol–water partition coefficient (Wildman–Crippen LogP) is 3.99. The lowest BCUT2D eigenvalue weighted by atomic mass is 9.89.